The third-order valence-corrected chi connectivity index (χ3v) is 3.68. The van der Waals surface area contributed by atoms with E-state index >= 15 is 0 Å². The van der Waals surface area contributed by atoms with Crippen LogP contribution in [0.2, 0.25) is 0 Å². The van der Waals surface area contributed by atoms with E-state index < -0.39 is 0 Å². The fraction of sp³-hybridized carbons (Fsp3) is 0.500. The van der Waals surface area contributed by atoms with Crippen molar-refractivity contribution in [3.05, 3.63) is 24.0 Å². The first-order valence-electron chi connectivity index (χ1n) is 5.90. The Bertz CT molecular complexity index is 451. The lowest BCUT2D eigenvalue weighted by Gasteiger charge is -2.21. The number of pyridine rings is 1. The molecule has 3 heterocycles. The molecule has 3 rings (SSSR count). The molecule has 17 heavy (non-hydrogen) atoms. The number of anilines is 1. The molecule has 0 radical (unpaired) electrons. The van der Waals surface area contributed by atoms with Crippen molar-refractivity contribution in [2.75, 3.05) is 5.32 Å². The molecule has 2 saturated heterocycles. The molecule has 0 aromatic carbocycles. The highest BCUT2D eigenvalue weighted by molar-refractivity contribution is 7.80. The Labute approximate surface area is 106 Å². The molecule has 2 aliphatic rings. The average Bonchev–Trinajstić information content (AvgIpc) is 2.91. The Morgan fingerprint density at radius 2 is 2.41 bits per heavy atom. The molecule has 2 bridgehead atoms. The van der Waals surface area contributed by atoms with E-state index in [4.69, 9.17) is 22.7 Å². The van der Waals surface area contributed by atoms with Crippen LogP contribution < -0.4 is 11.1 Å². The van der Waals surface area contributed by atoms with E-state index in [0.29, 0.717) is 28.9 Å². The van der Waals surface area contributed by atoms with E-state index in [-0.39, 0.29) is 0 Å². The van der Waals surface area contributed by atoms with Gasteiger partial charge in [0, 0.05) is 11.9 Å². The van der Waals surface area contributed by atoms with Gasteiger partial charge in [0.25, 0.3) is 0 Å². The molecular formula is C12H15N3OS. The molecule has 2 aliphatic heterocycles. The number of nitrogens with two attached hydrogens (primary N) is 1. The lowest BCUT2D eigenvalue weighted by molar-refractivity contribution is 0.102. The highest BCUT2D eigenvalue weighted by atomic mass is 32.1. The molecule has 3 N–H and O–H groups in total. The molecule has 5 heteroatoms. The quantitative estimate of drug-likeness (QED) is 0.794. The van der Waals surface area contributed by atoms with Gasteiger partial charge < -0.3 is 15.8 Å². The van der Waals surface area contributed by atoms with Crippen molar-refractivity contribution in [3.63, 3.8) is 0 Å². The van der Waals surface area contributed by atoms with Gasteiger partial charge in [-0.3, -0.25) is 4.98 Å². The molecule has 90 valence electrons. The molecular weight excluding hydrogens is 234 g/mol. The number of hydrogen-bond acceptors (Lipinski definition) is 4. The number of rotatable bonds is 3. The molecule has 2 fully saturated rings. The second-order valence-corrected chi connectivity index (χ2v) is 5.09. The Morgan fingerprint density at radius 1 is 1.53 bits per heavy atom. The Hall–Kier alpha value is -1.20. The van der Waals surface area contributed by atoms with Crippen molar-refractivity contribution in [3.8, 4) is 0 Å². The predicted octanol–water partition coefficient (Wildman–Crippen LogP) is 1.45. The Kier molecular flexibility index (Phi) is 2.72. The van der Waals surface area contributed by atoms with E-state index in [1.165, 1.54) is 6.42 Å². The van der Waals surface area contributed by atoms with Crippen LogP contribution in [0, 0.1) is 0 Å². The summed E-state index contributed by atoms with van der Waals surface area (Å²) in [6, 6.07) is 4.25. The molecule has 0 aliphatic carbocycles. The summed E-state index contributed by atoms with van der Waals surface area (Å²) in [4.78, 5) is 4.46. The zero-order valence-electron chi connectivity index (χ0n) is 9.43. The zero-order chi connectivity index (χ0) is 11.8. The fourth-order valence-corrected chi connectivity index (χ4v) is 2.77. The predicted molar refractivity (Wildman–Crippen MR) is 70.0 cm³/mol. The molecule has 1 aromatic rings. The van der Waals surface area contributed by atoms with Crippen LogP contribution >= 0.6 is 12.2 Å². The zero-order valence-corrected chi connectivity index (χ0v) is 10.2. The van der Waals surface area contributed by atoms with E-state index in [1.54, 1.807) is 6.20 Å². The van der Waals surface area contributed by atoms with Gasteiger partial charge in [0.1, 0.15) is 4.99 Å². The normalized spacial score (nSPS) is 30.5. The minimum Gasteiger partial charge on any atom is -0.388 e. The lowest BCUT2D eigenvalue weighted by atomic mass is 9.95. The molecule has 3 atom stereocenters. The van der Waals surface area contributed by atoms with Crippen molar-refractivity contribution in [1.29, 1.82) is 0 Å². The summed E-state index contributed by atoms with van der Waals surface area (Å²) in [6.07, 6.45) is 6.00. The van der Waals surface area contributed by atoms with Crippen LogP contribution in [-0.4, -0.2) is 28.2 Å². The first-order valence-corrected chi connectivity index (χ1v) is 6.31. The first-order chi connectivity index (χ1) is 8.22. The molecule has 0 spiro atoms. The van der Waals surface area contributed by atoms with Gasteiger partial charge in [-0.2, -0.15) is 0 Å². The minimum atomic E-state index is 0.331. The second-order valence-electron chi connectivity index (χ2n) is 4.65. The van der Waals surface area contributed by atoms with Gasteiger partial charge >= 0.3 is 0 Å². The fourth-order valence-electron chi connectivity index (χ4n) is 2.66. The van der Waals surface area contributed by atoms with E-state index in [0.717, 1.165) is 18.5 Å². The average molecular weight is 249 g/mol. The second kappa shape index (κ2) is 4.23. The molecule has 3 unspecified atom stereocenters. The number of hydrogen-bond donors (Lipinski definition) is 2. The maximum atomic E-state index is 5.81. The van der Waals surface area contributed by atoms with Crippen molar-refractivity contribution in [2.45, 2.75) is 37.5 Å². The number of nitrogens with one attached hydrogen (secondary N) is 1. The molecule has 0 amide bonds. The number of fused-ring (bicyclic) bond motifs is 2. The largest absolute Gasteiger partial charge is 0.388 e. The number of ether oxygens (including phenoxy) is 1. The van der Waals surface area contributed by atoms with Crippen LogP contribution in [0.15, 0.2) is 18.3 Å². The topological polar surface area (TPSA) is 60.2 Å². The summed E-state index contributed by atoms with van der Waals surface area (Å²) < 4.78 is 5.81. The summed E-state index contributed by atoms with van der Waals surface area (Å²) in [5.41, 5.74) is 7.25. The third-order valence-electron chi connectivity index (χ3n) is 3.47. The van der Waals surface area contributed by atoms with Crippen molar-refractivity contribution >= 4 is 22.9 Å². The summed E-state index contributed by atoms with van der Waals surface area (Å²) >= 11 is 4.92. The Morgan fingerprint density at radius 3 is 3.06 bits per heavy atom. The van der Waals surface area contributed by atoms with Gasteiger partial charge in [-0.25, -0.2) is 0 Å². The smallest absolute Gasteiger partial charge is 0.122 e. The van der Waals surface area contributed by atoms with Crippen molar-refractivity contribution in [2.24, 2.45) is 5.73 Å². The number of thiocarbonyl (C=S) groups is 1. The number of aromatic nitrogens is 1. The molecule has 4 nitrogen and oxygen atoms in total. The van der Waals surface area contributed by atoms with E-state index in [1.807, 2.05) is 12.1 Å². The summed E-state index contributed by atoms with van der Waals surface area (Å²) in [7, 11) is 0. The standard InChI is InChI=1S/C12H15N3OS/c13-12(17)10-5-7(3-4-14-10)15-9-6-8-1-2-11(9)16-8/h3-5,8-9,11H,1-2,6H2,(H2,13,17)(H,14,15). The van der Waals surface area contributed by atoms with Crippen molar-refractivity contribution in [1.82, 2.24) is 4.98 Å². The Balaban J connectivity index is 1.73. The molecule has 1 aromatic heterocycles. The van der Waals surface area contributed by atoms with Crippen LogP contribution in [0.3, 0.4) is 0 Å². The van der Waals surface area contributed by atoms with Gasteiger partial charge in [0.2, 0.25) is 0 Å². The maximum absolute atomic E-state index is 5.81. The van der Waals surface area contributed by atoms with Crippen LogP contribution in [0.4, 0.5) is 5.69 Å². The van der Waals surface area contributed by atoms with Crippen LogP contribution in [-0.2, 0) is 4.74 Å². The summed E-state index contributed by atoms with van der Waals surface area (Å²) in [6.45, 7) is 0. The van der Waals surface area contributed by atoms with Gasteiger partial charge in [-0.1, -0.05) is 12.2 Å². The highest BCUT2D eigenvalue weighted by Crippen LogP contribution is 2.35. The maximum Gasteiger partial charge on any atom is 0.122 e. The van der Waals surface area contributed by atoms with Crippen LogP contribution in [0.5, 0.6) is 0 Å². The number of nitrogens with zero attached hydrogens (tertiary/aromatic N) is 1. The minimum absolute atomic E-state index is 0.331. The van der Waals surface area contributed by atoms with Gasteiger partial charge in [0.15, 0.2) is 0 Å². The highest BCUT2D eigenvalue weighted by Gasteiger charge is 2.40. The van der Waals surface area contributed by atoms with E-state index in [2.05, 4.69) is 10.3 Å². The summed E-state index contributed by atoms with van der Waals surface area (Å²) in [5.74, 6) is 0. The van der Waals surface area contributed by atoms with Gasteiger partial charge in [0.05, 0.1) is 23.9 Å². The van der Waals surface area contributed by atoms with Crippen LogP contribution in [0.1, 0.15) is 25.0 Å². The molecule has 0 saturated carbocycles. The first kappa shape index (κ1) is 10.9. The third kappa shape index (κ3) is 2.12. The van der Waals surface area contributed by atoms with E-state index in [9.17, 15) is 0 Å². The van der Waals surface area contributed by atoms with Gasteiger partial charge in [-0.15, -0.1) is 0 Å². The van der Waals surface area contributed by atoms with Crippen LogP contribution in [0.25, 0.3) is 0 Å². The van der Waals surface area contributed by atoms with Gasteiger partial charge in [-0.05, 0) is 31.4 Å². The summed E-state index contributed by atoms with van der Waals surface area (Å²) in [5, 5.41) is 3.49. The lowest BCUT2D eigenvalue weighted by Crippen LogP contribution is -2.30. The van der Waals surface area contributed by atoms with Crippen molar-refractivity contribution < 1.29 is 4.74 Å². The monoisotopic (exact) mass is 249 g/mol. The SMILES string of the molecule is NC(=S)c1cc(NC2CC3CCC2O3)ccn1.